The highest BCUT2D eigenvalue weighted by Gasteiger charge is 2.27. The monoisotopic (exact) mass is 804 g/mol. The number of hydrogen-bond donors (Lipinski definition) is 0. The van der Waals surface area contributed by atoms with Crippen LogP contribution in [-0.4, -0.2) is 9.97 Å². The molecule has 0 bridgehead atoms. The lowest BCUT2D eigenvalue weighted by Gasteiger charge is -2.29. The summed E-state index contributed by atoms with van der Waals surface area (Å²) in [6.07, 6.45) is 4.79. The van der Waals surface area contributed by atoms with Crippen molar-refractivity contribution in [3.05, 3.63) is 205 Å². The van der Waals surface area contributed by atoms with Gasteiger partial charge in [0.2, 0.25) is 0 Å². The maximum absolute atomic E-state index is 4.98. The van der Waals surface area contributed by atoms with E-state index in [-0.39, 0.29) is 16.2 Å². The molecule has 2 aromatic heterocycles. The summed E-state index contributed by atoms with van der Waals surface area (Å²) in [5.74, 6) is 0. The minimum absolute atomic E-state index is 0.0187. The van der Waals surface area contributed by atoms with Gasteiger partial charge in [0, 0.05) is 23.2 Å². The van der Waals surface area contributed by atoms with Crippen molar-refractivity contribution in [3.8, 4) is 55.6 Å². The van der Waals surface area contributed by atoms with Crippen LogP contribution in [0.1, 0.15) is 77.6 Å². The van der Waals surface area contributed by atoms with Crippen molar-refractivity contribution in [1.29, 1.82) is 0 Å². The van der Waals surface area contributed by atoms with Gasteiger partial charge in [-0.1, -0.05) is 195 Å². The van der Waals surface area contributed by atoms with Gasteiger partial charge in [-0.15, -0.1) is 0 Å². The average molecular weight is 805 g/mol. The number of hydrogen-bond acceptors (Lipinski definition) is 2. The van der Waals surface area contributed by atoms with Gasteiger partial charge < -0.3 is 0 Å². The van der Waals surface area contributed by atoms with Crippen molar-refractivity contribution < 1.29 is 0 Å². The van der Waals surface area contributed by atoms with E-state index in [1.165, 1.54) is 77.9 Å². The first-order chi connectivity index (χ1) is 29.7. The molecule has 2 heterocycles. The van der Waals surface area contributed by atoms with Gasteiger partial charge in [0.25, 0.3) is 0 Å². The summed E-state index contributed by atoms with van der Waals surface area (Å²) in [5.41, 5.74) is 19.1. The van der Waals surface area contributed by atoms with Crippen LogP contribution < -0.4 is 0 Å². The third-order valence-electron chi connectivity index (χ3n) is 12.6. The van der Waals surface area contributed by atoms with E-state index in [9.17, 15) is 0 Å². The number of benzene rings is 7. The Morgan fingerprint density at radius 2 is 1.03 bits per heavy atom. The second kappa shape index (κ2) is 16.0. The molecule has 2 nitrogen and oxygen atoms in total. The number of pyridine rings is 2. The van der Waals surface area contributed by atoms with Crippen molar-refractivity contribution in [1.82, 2.24) is 9.97 Å². The van der Waals surface area contributed by atoms with Gasteiger partial charge in [-0.05, 0) is 131 Å². The second-order valence-electron chi connectivity index (χ2n) is 19.7. The van der Waals surface area contributed by atoms with Gasteiger partial charge in [0.1, 0.15) is 0 Å². The lowest BCUT2D eigenvalue weighted by molar-refractivity contribution is 0.524. The molecule has 7 aromatic carbocycles. The molecule has 0 atom stereocenters. The molecule has 9 aromatic rings. The molecule has 0 aliphatic heterocycles. The highest BCUT2D eigenvalue weighted by Crippen LogP contribution is 2.43. The maximum Gasteiger partial charge on any atom is 0.0970 e. The molecule has 0 aliphatic rings. The molecule has 0 aliphatic carbocycles. The molecule has 0 saturated heterocycles. The first-order valence-electron chi connectivity index (χ1n) is 22.0. The summed E-state index contributed by atoms with van der Waals surface area (Å²) in [7, 11) is 0. The Labute approximate surface area is 368 Å². The van der Waals surface area contributed by atoms with Crippen LogP contribution >= 0.6 is 0 Å². The minimum atomic E-state index is -0.178. The van der Waals surface area contributed by atoms with E-state index >= 15 is 0 Å². The number of nitrogens with zero attached hydrogens (tertiary/aromatic N) is 2. The van der Waals surface area contributed by atoms with Gasteiger partial charge in [-0.2, -0.15) is 0 Å². The minimum Gasteiger partial charge on any atom is -0.254 e. The van der Waals surface area contributed by atoms with Crippen molar-refractivity contribution in [2.75, 3.05) is 0 Å². The van der Waals surface area contributed by atoms with Gasteiger partial charge in [-0.3, -0.25) is 9.97 Å². The summed E-state index contributed by atoms with van der Waals surface area (Å²) in [4.78, 5) is 9.89. The molecule has 0 radical (unpaired) electrons. The third kappa shape index (κ3) is 8.10. The molecule has 2 heteroatoms. The number of fused-ring (bicyclic) bond motifs is 3. The first-order valence-corrected chi connectivity index (χ1v) is 22.0. The van der Waals surface area contributed by atoms with Crippen molar-refractivity contribution in [2.45, 2.75) is 78.1 Å². The van der Waals surface area contributed by atoms with E-state index in [2.05, 4.69) is 219 Å². The molecule has 62 heavy (non-hydrogen) atoms. The van der Waals surface area contributed by atoms with Crippen LogP contribution in [0.4, 0.5) is 0 Å². The molecule has 0 amide bonds. The fourth-order valence-corrected chi connectivity index (χ4v) is 9.09. The van der Waals surface area contributed by atoms with Crippen LogP contribution in [0.5, 0.6) is 0 Å². The SMILES string of the molecule is CC(C)(C)c1cc(-c2ccccc2)cc(-c2cccc(CC(C)(C)c3ccc(-c4ccccc4-c4cc5cc(C(C)(C)C)cnc5c5ncccc45)cc3-c3ccccc3)c2)c1. The molecular formula is C60H56N2. The lowest BCUT2D eigenvalue weighted by atomic mass is 9.75. The Kier molecular flexibility index (Phi) is 10.5. The van der Waals surface area contributed by atoms with Crippen LogP contribution in [-0.2, 0) is 22.7 Å². The summed E-state index contributed by atoms with van der Waals surface area (Å²) < 4.78 is 0. The summed E-state index contributed by atoms with van der Waals surface area (Å²) in [6.45, 7) is 18.4. The van der Waals surface area contributed by atoms with E-state index in [0.29, 0.717) is 0 Å². The topological polar surface area (TPSA) is 25.8 Å². The molecule has 0 saturated carbocycles. The Bertz CT molecular complexity index is 3070. The Hall–Kier alpha value is -6.64. The van der Waals surface area contributed by atoms with Crippen LogP contribution in [0.3, 0.4) is 0 Å². The summed E-state index contributed by atoms with van der Waals surface area (Å²) >= 11 is 0. The smallest absolute Gasteiger partial charge is 0.0970 e. The molecule has 9 rings (SSSR count). The molecule has 306 valence electrons. The summed E-state index contributed by atoms with van der Waals surface area (Å²) in [5, 5.41) is 2.21. The molecular weight excluding hydrogens is 749 g/mol. The van der Waals surface area contributed by atoms with Crippen molar-refractivity contribution in [3.63, 3.8) is 0 Å². The van der Waals surface area contributed by atoms with E-state index in [4.69, 9.17) is 9.97 Å². The van der Waals surface area contributed by atoms with E-state index in [1.807, 2.05) is 18.5 Å². The zero-order valence-corrected chi connectivity index (χ0v) is 37.4. The quantitative estimate of drug-likeness (QED) is 0.143. The molecule has 0 spiro atoms. The van der Waals surface area contributed by atoms with E-state index < -0.39 is 0 Å². The van der Waals surface area contributed by atoms with E-state index in [0.717, 1.165) is 28.2 Å². The van der Waals surface area contributed by atoms with Crippen LogP contribution in [0.15, 0.2) is 182 Å². The normalized spacial score (nSPS) is 12.3. The van der Waals surface area contributed by atoms with Gasteiger partial charge in [0.05, 0.1) is 11.0 Å². The Balaban J connectivity index is 1.13. The van der Waals surface area contributed by atoms with Gasteiger partial charge >= 0.3 is 0 Å². The number of rotatable bonds is 8. The highest BCUT2D eigenvalue weighted by atomic mass is 14.7. The van der Waals surface area contributed by atoms with Gasteiger partial charge in [-0.25, -0.2) is 0 Å². The zero-order chi connectivity index (χ0) is 43.2. The van der Waals surface area contributed by atoms with Crippen molar-refractivity contribution in [2.24, 2.45) is 0 Å². The zero-order valence-electron chi connectivity index (χ0n) is 37.4. The standard InChI is InChI=1S/C60H56N2/c1-58(2,3)48-33-45(41-20-11-9-12-21-41)32-46(34-48)43-24-17-19-40(31-43)38-60(7,8)55-29-28-44(36-53(55)42-22-13-10-14-23-42)50-25-15-16-26-51(50)54-37-47-35-49(59(4,5)6)39-62-56(47)57-52(54)27-18-30-61-57/h9-37,39H,38H2,1-8H3. The second-order valence-corrected chi connectivity index (χ2v) is 19.7. The largest absolute Gasteiger partial charge is 0.254 e. The fraction of sp³-hybridized carbons (Fsp3) is 0.200. The Morgan fingerprint density at radius 3 is 1.74 bits per heavy atom. The van der Waals surface area contributed by atoms with E-state index in [1.54, 1.807) is 0 Å². The third-order valence-corrected chi connectivity index (χ3v) is 12.6. The van der Waals surface area contributed by atoms with Crippen LogP contribution in [0, 0.1) is 0 Å². The molecule has 0 fully saturated rings. The first kappa shape index (κ1) is 40.7. The lowest BCUT2D eigenvalue weighted by Crippen LogP contribution is -2.21. The number of aromatic nitrogens is 2. The van der Waals surface area contributed by atoms with Crippen LogP contribution in [0.2, 0.25) is 0 Å². The Morgan fingerprint density at radius 1 is 0.387 bits per heavy atom. The fourth-order valence-electron chi connectivity index (χ4n) is 9.09. The predicted molar refractivity (Wildman–Crippen MR) is 265 cm³/mol. The molecule has 0 N–H and O–H groups in total. The van der Waals surface area contributed by atoms with Crippen molar-refractivity contribution >= 4 is 21.8 Å². The average Bonchev–Trinajstić information content (AvgIpc) is 3.28. The molecule has 0 unspecified atom stereocenters. The highest BCUT2D eigenvalue weighted by molar-refractivity contribution is 6.11. The predicted octanol–water partition coefficient (Wildman–Crippen LogP) is 16.2. The van der Waals surface area contributed by atoms with Gasteiger partial charge in [0.15, 0.2) is 0 Å². The van der Waals surface area contributed by atoms with Crippen LogP contribution in [0.25, 0.3) is 77.4 Å². The maximum atomic E-state index is 4.98. The summed E-state index contributed by atoms with van der Waals surface area (Å²) in [6, 6.07) is 62.8.